The lowest BCUT2D eigenvalue weighted by molar-refractivity contribution is 0.368. The molecule has 0 spiro atoms. The van der Waals surface area contributed by atoms with Gasteiger partial charge in [0.1, 0.15) is 0 Å². The smallest absolute Gasteiger partial charge is 0.211 e. The molecule has 0 aliphatic carbocycles. The minimum absolute atomic E-state index is 0. The molecule has 0 atom stereocenters. The molecule has 0 aromatic rings. The molecule has 0 saturated carbocycles. The molecule has 40 valence electrons. The van der Waals surface area contributed by atoms with Crippen molar-refractivity contribution in [3.8, 4) is 0 Å². The van der Waals surface area contributed by atoms with Crippen LogP contribution in [0.4, 0.5) is 16.4 Å². The summed E-state index contributed by atoms with van der Waals surface area (Å²) >= 11 is 0. The van der Waals surface area contributed by atoms with E-state index >= 15 is 0 Å². The molecule has 0 aliphatic heterocycles. The summed E-state index contributed by atoms with van der Waals surface area (Å²) in [6, 6.07) is 0. The van der Waals surface area contributed by atoms with Crippen LogP contribution in [0.15, 0.2) is 0 Å². The Kier molecular flexibility index (Phi) is 3.82. The van der Waals surface area contributed by atoms with E-state index in [2.05, 4.69) is 0 Å². The summed E-state index contributed by atoms with van der Waals surface area (Å²) in [5, 5.41) is 0. The Morgan fingerprint density at radius 3 is 0.833 bits per heavy atom. The summed E-state index contributed by atoms with van der Waals surface area (Å²) < 4.78 is 39.3. The molecule has 0 radical (unpaired) electrons. The average Bonchev–Trinajstić information content (AvgIpc) is 0.722. The molecule has 0 aromatic heterocycles. The first kappa shape index (κ1) is 9.52. The van der Waals surface area contributed by atoms with Crippen molar-refractivity contribution in [2.45, 2.75) is 0 Å². The molecule has 0 N–H and O–H groups in total. The fourth-order valence-corrected chi connectivity index (χ4v) is 0. The first-order chi connectivity index (χ1) is 2.00. The highest BCUT2D eigenvalue weighted by Gasteiger charge is 2.39. The van der Waals surface area contributed by atoms with Gasteiger partial charge < -0.3 is 0 Å². The highest BCUT2D eigenvalue weighted by atomic mass is 35.5. The summed E-state index contributed by atoms with van der Waals surface area (Å²) in [7, 11) is -6.61. The van der Waals surface area contributed by atoms with Gasteiger partial charge in [0.05, 0.1) is 0 Å². The van der Waals surface area contributed by atoms with Crippen molar-refractivity contribution in [2.75, 3.05) is 0 Å². The lowest BCUT2D eigenvalue weighted by atomic mass is 18.6. The van der Waals surface area contributed by atoms with Crippen molar-refractivity contribution in [3.63, 3.8) is 0 Å². The van der Waals surface area contributed by atoms with Gasteiger partial charge in [0.2, 0.25) is 0 Å². The Hall–Kier alpha value is 0.227. The van der Waals surface area contributed by atoms with E-state index in [0.717, 1.165) is 0 Å². The predicted molar refractivity (Wildman–Crippen MR) is 17.4 cm³/mol. The first-order valence-corrected chi connectivity index (χ1v) is 2.27. The molecule has 6 heavy (non-hydrogen) atoms. The Labute approximate surface area is 39.3 Å². The number of halogens is 5. The van der Waals surface area contributed by atoms with Crippen LogP contribution in [-0.2, 0) is 0 Å². The summed E-state index contributed by atoms with van der Waals surface area (Å²) in [5.74, 6) is 0. The van der Waals surface area contributed by atoms with Crippen LogP contribution in [0.25, 0.3) is 0 Å². The van der Waals surface area contributed by atoms with Gasteiger partial charge in [-0.05, 0) is 0 Å². The maximum Gasteiger partial charge on any atom is 0.844 e. The van der Waals surface area contributed by atoms with Crippen molar-refractivity contribution in [3.05, 3.63) is 0 Å². The Balaban J connectivity index is 0. The highest BCUT2D eigenvalue weighted by molar-refractivity contribution is 6.50. The molecular weight excluding hydrogens is 140 g/mol. The third kappa shape index (κ3) is 855. The van der Waals surface area contributed by atoms with Crippen molar-refractivity contribution >= 4 is 21.8 Å². The molecule has 0 rings (SSSR count). The molecule has 0 unspecified atom stereocenters. The zero-order valence-corrected chi connectivity index (χ0v) is 4.24. The van der Waals surface area contributed by atoms with Gasteiger partial charge in [-0.3, -0.25) is 0 Å². The monoisotopic (exact) mass is 140 g/mol. The van der Waals surface area contributed by atoms with Crippen LogP contribution in [0.5, 0.6) is 0 Å². The van der Waals surface area contributed by atoms with Crippen LogP contribution >= 0.6 is 12.4 Å². The lowest BCUT2D eigenvalue weighted by Crippen LogP contribution is -2.02. The third-order valence-electron chi connectivity index (χ3n) is 0. The number of hydrogen-bond acceptors (Lipinski definition) is 0. The van der Waals surface area contributed by atoms with Crippen LogP contribution in [0.3, 0.4) is 0 Å². The van der Waals surface area contributed by atoms with Gasteiger partial charge in [0.25, 0.3) is 0 Å². The highest BCUT2D eigenvalue weighted by Crippen LogP contribution is 2.06. The molecule has 0 saturated heterocycles. The van der Waals surface area contributed by atoms with Crippen molar-refractivity contribution < 1.29 is 16.4 Å². The molecule has 0 nitrogen and oxygen atoms in total. The van der Waals surface area contributed by atoms with Gasteiger partial charge >= 0.3 is 9.41 Å². The van der Waals surface area contributed by atoms with Crippen LogP contribution in [0.1, 0.15) is 0 Å². The normalized spacial score (nSPS) is 10.0. The molecule has 6 heteroatoms. The molecule has 0 heterocycles. The molecule has 0 bridgehead atoms. The summed E-state index contributed by atoms with van der Waals surface area (Å²) in [6.45, 7) is 0. The van der Waals surface area contributed by atoms with Crippen LogP contribution < -0.4 is 0 Å². The van der Waals surface area contributed by atoms with E-state index in [9.17, 15) is 16.4 Å². The molecule has 0 amide bonds. The SMILES string of the molecule is Cl.F[Si](F)(F)F. The maximum absolute atomic E-state index is 9.83. The predicted octanol–water partition coefficient (Wildman–Crippen LogP) is 1.72. The quantitative estimate of drug-likeness (QED) is 0.273. The minimum atomic E-state index is -6.61. The Morgan fingerprint density at radius 2 is 0.833 bits per heavy atom. The molecular formula is HClF4Si. The van der Waals surface area contributed by atoms with Crippen LogP contribution in [-0.4, -0.2) is 9.41 Å². The van der Waals surface area contributed by atoms with Gasteiger partial charge in [-0.1, -0.05) is 0 Å². The van der Waals surface area contributed by atoms with Crippen LogP contribution in [0, 0.1) is 0 Å². The van der Waals surface area contributed by atoms with Crippen molar-refractivity contribution in [1.82, 2.24) is 0 Å². The van der Waals surface area contributed by atoms with Crippen molar-refractivity contribution in [1.29, 1.82) is 0 Å². The fourth-order valence-electron chi connectivity index (χ4n) is 0. The van der Waals surface area contributed by atoms with E-state index in [1.807, 2.05) is 0 Å². The van der Waals surface area contributed by atoms with Gasteiger partial charge in [-0.25, -0.2) is 16.4 Å². The third-order valence-corrected chi connectivity index (χ3v) is 0. The Morgan fingerprint density at radius 1 is 0.833 bits per heavy atom. The second-order valence-electron chi connectivity index (χ2n) is 0.429. The van der Waals surface area contributed by atoms with Gasteiger partial charge in [0.15, 0.2) is 0 Å². The zero-order valence-electron chi connectivity index (χ0n) is 2.42. The van der Waals surface area contributed by atoms with E-state index in [1.165, 1.54) is 0 Å². The van der Waals surface area contributed by atoms with Gasteiger partial charge in [-0.2, -0.15) is 0 Å². The lowest BCUT2D eigenvalue weighted by Gasteiger charge is -1.75. The number of hydrogen-bond donors (Lipinski definition) is 0. The summed E-state index contributed by atoms with van der Waals surface area (Å²) in [4.78, 5) is 0. The number of rotatable bonds is 0. The van der Waals surface area contributed by atoms with Crippen molar-refractivity contribution in [2.24, 2.45) is 0 Å². The van der Waals surface area contributed by atoms with E-state index in [4.69, 9.17) is 0 Å². The topological polar surface area (TPSA) is 0 Å². The van der Waals surface area contributed by atoms with Gasteiger partial charge in [0, 0.05) is 0 Å². The fraction of sp³-hybridized carbons (Fsp3) is 0. The maximum atomic E-state index is 9.83. The summed E-state index contributed by atoms with van der Waals surface area (Å²) in [5.41, 5.74) is 0. The summed E-state index contributed by atoms with van der Waals surface area (Å²) in [6.07, 6.45) is 0. The zero-order chi connectivity index (χ0) is 4.50. The molecule has 0 aromatic carbocycles. The minimum Gasteiger partial charge on any atom is -0.211 e. The Bertz CT molecular complexity index is 23.0. The second kappa shape index (κ2) is 2.41. The van der Waals surface area contributed by atoms with E-state index < -0.39 is 9.41 Å². The molecule has 0 aliphatic rings. The van der Waals surface area contributed by atoms with E-state index in [1.54, 1.807) is 0 Å². The second-order valence-corrected chi connectivity index (χ2v) is 1.29. The molecule has 0 fully saturated rings. The largest absolute Gasteiger partial charge is 0.844 e. The van der Waals surface area contributed by atoms with E-state index in [0.29, 0.717) is 0 Å². The standard InChI is InChI=1S/ClH.F4Si/c;1-5(2,3)4/h1H;. The van der Waals surface area contributed by atoms with E-state index in [-0.39, 0.29) is 12.4 Å². The van der Waals surface area contributed by atoms with Gasteiger partial charge in [-0.15, -0.1) is 12.4 Å². The van der Waals surface area contributed by atoms with Crippen LogP contribution in [0.2, 0.25) is 0 Å². The first-order valence-electron chi connectivity index (χ1n) is 0.756. The average molecular weight is 141 g/mol.